The van der Waals surface area contributed by atoms with Gasteiger partial charge in [-0.15, -0.1) is 0 Å². The molecule has 33 nitrogen and oxygen atoms in total. The number of fused-ring (bicyclic) bond motifs is 2. The molecule has 6 aromatic rings. The number of phosphoric acid groups is 2. The van der Waals surface area contributed by atoms with Crippen LogP contribution in [0.4, 0.5) is 17.5 Å². The second kappa shape index (κ2) is 21.2. The number of methoxy groups -OCH3 is 1. The number of hydrogen-bond donors (Lipinski definition) is 11. The van der Waals surface area contributed by atoms with Crippen molar-refractivity contribution in [2.75, 3.05) is 44.1 Å². The Labute approximate surface area is 415 Å². The van der Waals surface area contributed by atoms with Gasteiger partial charge in [0, 0.05) is 6.20 Å². The van der Waals surface area contributed by atoms with Crippen LogP contribution >= 0.6 is 15.6 Å². The fourth-order valence-corrected chi connectivity index (χ4v) is 10.5. The first-order valence-corrected chi connectivity index (χ1v) is 25.1. The molecular weight excluding hydrogens is 1030 g/mol. The normalized spacial score (nSPS) is 29.1. The number of imidazole rings is 2. The van der Waals surface area contributed by atoms with E-state index < -0.39 is 127 Å². The largest absolute Gasteiger partial charge is 0.497 e. The summed E-state index contributed by atoms with van der Waals surface area (Å²) in [6, 6.07) is 5.32. The first-order valence-electron chi connectivity index (χ1n) is 22.1. The van der Waals surface area contributed by atoms with E-state index in [1.54, 1.807) is 24.3 Å². The lowest BCUT2D eigenvalue weighted by Crippen LogP contribution is -2.53. The van der Waals surface area contributed by atoms with Gasteiger partial charge in [-0.05, 0) is 30.2 Å². The van der Waals surface area contributed by atoms with Gasteiger partial charge < -0.3 is 77.4 Å². The van der Waals surface area contributed by atoms with Crippen molar-refractivity contribution in [3.05, 3.63) is 77.9 Å². The van der Waals surface area contributed by atoms with Gasteiger partial charge in [-0.25, -0.2) is 43.8 Å². The van der Waals surface area contributed by atoms with Gasteiger partial charge in [0.25, 0.3) is 0 Å². The number of anilines is 3. The summed E-state index contributed by atoms with van der Waals surface area (Å²) in [7, 11) is -9.38. The highest BCUT2D eigenvalue weighted by Gasteiger charge is 2.53. The fraction of sp³-hybridized carbons (Fsp3) is 0.462. The molecule has 3 aliphatic rings. The number of phosphoric ester groups is 2. The smallest absolute Gasteiger partial charge is 0.472 e. The molecule has 398 valence electrons. The zero-order valence-corrected chi connectivity index (χ0v) is 40.2. The van der Waals surface area contributed by atoms with Crippen molar-refractivity contribution in [2.24, 2.45) is 5.73 Å². The molecule has 9 rings (SSSR count). The van der Waals surface area contributed by atoms with Crippen molar-refractivity contribution >= 4 is 61.3 Å². The molecule has 3 saturated heterocycles. The summed E-state index contributed by atoms with van der Waals surface area (Å²) >= 11 is 0. The molecule has 15 atom stereocenters. The van der Waals surface area contributed by atoms with Crippen molar-refractivity contribution < 1.29 is 81.2 Å². The van der Waals surface area contributed by atoms with Gasteiger partial charge in [0.1, 0.15) is 84.1 Å². The van der Waals surface area contributed by atoms with E-state index in [2.05, 4.69) is 40.2 Å². The number of aromatic nitrogens is 10. The molecule has 1 amide bonds. The lowest BCUT2D eigenvalue weighted by atomic mass is 10.0. The van der Waals surface area contributed by atoms with E-state index in [1.807, 2.05) is 0 Å². The molecule has 0 bridgehead atoms. The minimum Gasteiger partial charge on any atom is -0.497 e. The molecule has 74 heavy (non-hydrogen) atoms. The Balaban J connectivity index is 0.920. The van der Waals surface area contributed by atoms with E-state index in [1.165, 1.54) is 35.0 Å². The summed E-state index contributed by atoms with van der Waals surface area (Å²) in [5, 5.41) is 47.3. The van der Waals surface area contributed by atoms with Gasteiger partial charge in [0.05, 0.1) is 51.7 Å². The molecule has 0 saturated carbocycles. The number of hydrogen-bond acceptors (Lipinski definition) is 27. The molecule has 5 aromatic heterocycles. The van der Waals surface area contributed by atoms with Gasteiger partial charge in [0.2, 0.25) is 5.91 Å². The van der Waals surface area contributed by atoms with E-state index in [-0.39, 0.29) is 46.2 Å². The second-order valence-electron chi connectivity index (χ2n) is 16.9. The first kappa shape index (κ1) is 52.6. The summed E-state index contributed by atoms with van der Waals surface area (Å²) in [5.74, 6) is -0.413. The number of carbonyl (C=O) groups excluding carboxylic acids is 1. The predicted molar refractivity (Wildman–Crippen MR) is 247 cm³/mol. The standard InChI is InChI=1S/C39H49N15O18P2/c1-65-17-4-2-16(3-5-17)8-18(40)35(59)51-23-20(69-36(26(23)56)53-14-48-24-31(42)44-12-46-33(24)53)10-66-73(61,62)72-30-21(70-37(28(30)58)52-7-6-22(41)50-39(52)60)11-67-74(63,64)71-29-19(9-55)68-38(27(29)57)54-15-49-25-32(43)45-13-47-34(25)54/h2-7,12-15,18-21,23,26-30,36-38,55-58H,8-11,40H2,1H3,(H,51,59)(H,61,62)(H,63,64)(H2,41,50,60)(H2,42,44,46)(H2,43,45,47)/t18-,19+,20+,21+,23+,26+,27+,28+,29+,30+,36+,37+,38+/m0/s1. The Morgan fingerprint density at radius 2 is 1.26 bits per heavy atom. The molecule has 0 radical (unpaired) electrons. The lowest BCUT2D eigenvalue weighted by molar-refractivity contribution is -0.124. The monoisotopic (exact) mass is 1080 g/mol. The number of aliphatic hydroxyl groups is 4. The number of carbonyl (C=O) groups is 1. The maximum absolute atomic E-state index is 13.9. The molecule has 8 heterocycles. The van der Waals surface area contributed by atoms with Crippen LogP contribution in [0.5, 0.6) is 5.75 Å². The number of nitrogens with zero attached hydrogens (tertiary/aromatic N) is 10. The van der Waals surface area contributed by atoms with Gasteiger partial charge in [-0.2, -0.15) is 4.98 Å². The summed E-state index contributed by atoms with van der Waals surface area (Å²) < 4.78 is 75.0. The number of rotatable bonds is 19. The van der Waals surface area contributed by atoms with Gasteiger partial charge in [0.15, 0.2) is 41.6 Å². The third-order valence-corrected chi connectivity index (χ3v) is 14.2. The fourth-order valence-electron chi connectivity index (χ4n) is 8.55. The molecule has 0 aliphatic carbocycles. The van der Waals surface area contributed by atoms with Crippen molar-refractivity contribution in [1.82, 2.24) is 53.9 Å². The Hall–Kier alpha value is -6.23. The number of nitrogen functional groups attached to an aromatic ring is 3. The SMILES string of the molecule is COc1ccc(C[C@H](N)C(=O)N[C@H]2[C@@H](O)[C@H](n3cnc4c(N)ncnc43)O[C@@H]2COP(=O)(O)O[C@H]2[C@@H](O)[C@H](n3ccc(N)nc3=O)O[C@@H]2COP(=O)(O)O[C@H]2[C@@H](O)[C@H](n3cnc4c(N)ncnc43)O[C@@H]2CO)cc1. The maximum Gasteiger partial charge on any atom is 0.472 e. The summed E-state index contributed by atoms with van der Waals surface area (Å²) in [6.45, 7) is -2.86. The van der Waals surface area contributed by atoms with Crippen LogP contribution in [0.1, 0.15) is 24.2 Å². The molecule has 3 fully saturated rings. The Morgan fingerprint density at radius 1 is 0.743 bits per heavy atom. The Kier molecular flexibility index (Phi) is 15.1. The van der Waals surface area contributed by atoms with Gasteiger partial charge in [-0.3, -0.25) is 36.6 Å². The third kappa shape index (κ3) is 10.7. The Bertz CT molecular complexity index is 3150. The quantitative estimate of drug-likeness (QED) is 0.0351. The molecule has 1 aromatic carbocycles. The van der Waals surface area contributed by atoms with Crippen LogP contribution in [0.25, 0.3) is 22.3 Å². The number of ether oxygens (including phenoxy) is 4. The minimum atomic E-state index is -5.49. The summed E-state index contributed by atoms with van der Waals surface area (Å²) in [4.78, 5) is 76.7. The van der Waals surface area contributed by atoms with Crippen LogP contribution in [-0.4, -0.2) is 173 Å². The third-order valence-electron chi connectivity index (χ3n) is 12.2. The van der Waals surface area contributed by atoms with E-state index in [0.29, 0.717) is 11.3 Å². The zero-order valence-electron chi connectivity index (χ0n) is 38.4. The van der Waals surface area contributed by atoms with Gasteiger partial charge >= 0.3 is 21.3 Å². The van der Waals surface area contributed by atoms with Crippen LogP contribution < -0.4 is 38.7 Å². The number of aliphatic hydroxyl groups excluding tert-OH is 4. The highest BCUT2D eigenvalue weighted by atomic mass is 31.2. The average Bonchev–Trinajstić information content (AvgIpc) is 4.19. The average molecular weight is 1080 g/mol. The van der Waals surface area contributed by atoms with Crippen molar-refractivity contribution in [3.63, 3.8) is 0 Å². The van der Waals surface area contributed by atoms with E-state index in [9.17, 15) is 48.9 Å². The Morgan fingerprint density at radius 3 is 1.81 bits per heavy atom. The minimum absolute atomic E-state index is 0.00114. The number of nitrogens with one attached hydrogen (secondary N) is 1. The molecular formula is C39H49N15O18P2. The molecule has 35 heteroatoms. The summed E-state index contributed by atoms with van der Waals surface area (Å²) in [5.41, 5.74) is 23.9. The van der Waals surface area contributed by atoms with Crippen LogP contribution in [0.2, 0.25) is 0 Å². The zero-order chi connectivity index (χ0) is 52.8. The predicted octanol–water partition coefficient (Wildman–Crippen LogP) is -3.50. The maximum atomic E-state index is 13.9. The van der Waals surface area contributed by atoms with Crippen LogP contribution in [0, 0.1) is 0 Å². The van der Waals surface area contributed by atoms with E-state index in [4.69, 9.17) is 60.0 Å². The van der Waals surface area contributed by atoms with E-state index >= 15 is 0 Å². The van der Waals surface area contributed by atoms with Crippen LogP contribution in [0.3, 0.4) is 0 Å². The van der Waals surface area contributed by atoms with Crippen molar-refractivity contribution in [3.8, 4) is 5.75 Å². The first-order chi connectivity index (χ1) is 35.3. The molecule has 0 spiro atoms. The van der Waals surface area contributed by atoms with Gasteiger partial charge in [-0.1, -0.05) is 12.1 Å². The van der Waals surface area contributed by atoms with Crippen LogP contribution in [0.15, 0.2) is 66.6 Å². The van der Waals surface area contributed by atoms with E-state index in [0.717, 1.165) is 23.4 Å². The molecule has 2 unspecified atom stereocenters. The van der Waals surface area contributed by atoms with Crippen molar-refractivity contribution in [2.45, 2.75) is 86.0 Å². The topological polar surface area (TPSA) is 485 Å². The molecule has 15 N–H and O–H groups in total. The van der Waals surface area contributed by atoms with Crippen molar-refractivity contribution in [1.29, 1.82) is 0 Å². The second-order valence-corrected chi connectivity index (χ2v) is 19.7. The van der Waals surface area contributed by atoms with Crippen LogP contribution in [-0.2, 0) is 52.7 Å². The number of nitrogens with two attached hydrogens (primary N) is 4. The highest BCUT2D eigenvalue weighted by Crippen LogP contribution is 2.52. The lowest BCUT2D eigenvalue weighted by Gasteiger charge is -2.26. The molecule has 3 aliphatic heterocycles. The number of benzene rings is 1. The highest BCUT2D eigenvalue weighted by molar-refractivity contribution is 7.47. The number of amides is 1. The summed E-state index contributed by atoms with van der Waals surface area (Å²) in [6.07, 6.45) is -12.8.